The molecular weight excluding hydrogens is 299 g/mol. The van der Waals surface area contributed by atoms with Gasteiger partial charge in [-0.15, -0.1) is 0 Å². The standard InChI is InChI=1S/C17H17FN2O3/c18-13-4-2-1-3-12(13)15-9-14(19-23-15)16(21)20-7-5-17(10-20)6-8-22-11-17/h1-4,9H,5-8,10-11H2. The number of aromatic nitrogens is 1. The normalized spacial score (nSPS) is 23.8. The Hall–Kier alpha value is -2.21. The zero-order chi connectivity index (χ0) is 15.9. The van der Waals surface area contributed by atoms with Crippen LogP contribution in [0.5, 0.6) is 0 Å². The molecule has 23 heavy (non-hydrogen) atoms. The Morgan fingerprint density at radius 3 is 2.96 bits per heavy atom. The molecule has 4 rings (SSSR count). The first-order valence-corrected chi connectivity index (χ1v) is 7.76. The van der Waals surface area contributed by atoms with Crippen LogP contribution in [0.2, 0.25) is 0 Å². The van der Waals surface area contributed by atoms with E-state index in [0.717, 1.165) is 26.1 Å². The maximum atomic E-state index is 13.8. The Morgan fingerprint density at radius 2 is 2.17 bits per heavy atom. The number of ether oxygens (including phenoxy) is 1. The molecular formula is C17H17FN2O3. The third kappa shape index (κ3) is 2.53. The van der Waals surface area contributed by atoms with Crippen molar-refractivity contribution >= 4 is 5.91 Å². The van der Waals surface area contributed by atoms with Crippen LogP contribution in [0, 0.1) is 11.2 Å². The fourth-order valence-electron chi connectivity index (χ4n) is 3.41. The van der Waals surface area contributed by atoms with Crippen molar-refractivity contribution < 1.29 is 18.4 Å². The van der Waals surface area contributed by atoms with Gasteiger partial charge in [0.15, 0.2) is 11.5 Å². The summed E-state index contributed by atoms with van der Waals surface area (Å²) in [5.74, 6) is -0.296. The lowest BCUT2D eigenvalue weighted by molar-refractivity contribution is 0.0755. The topological polar surface area (TPSA) is 55.6 Å². The number of hydrogen-bond donors (Lipinski definition) is 0. The van der Waals surface area contributed by atoms with Gasteiger partial charge in [0.25, 0.3) is 5.91 Å². The summed E-state index contributed by atoms with van der Waals surface area (Å²) in [6.45, 7) is 2.87. The quantitative estimate of drug-likeness (QED) is 0.855. The molecule has 2 saturated heterocycles. The van der Waals surface area contributed by atoms with Crippen molar-refractivity contribution in [2.24, 2.45) is 5.41 Å². The maximum absolute atomic E-state index is 13.8. The first-order chi connectivity index (χ1) is 11.2. The van der Waals surface area contributed by atoms with Gasteiger partial charge in [-0.05, 0) is 25.0 Å². The third-order valence-corrected chi connectivity index (χ3v) is 4.78. The van der Waals surface area contributed by atoms with Gasteiger partial charge in [0.05, 0.1) is 12.2 Å². The summed E-state index contributed by atoms with van der Waals surface area (Å²) >= 11 is 0. The van der Waals surface area contributed by atoms with E-state index in [4.69, 9.17) is 9.26 Å². The Balaban J connectivity index is 1.53. The fourth-order valence-corrected chi connectivity index (χ4v) is 3.41. The summed E-state index contributed by atoms with van der Waals surface area (Å²) in [5, 5.41) is 3.83. The van der Waals surface area contributed by atoms with Crippen LogP contribution in [0.15, 0.2) is 34.9 Å². The lowest BCUT2D eigenvalue weighted by atomic mass is 9.87. The van der Waals surface area contributed by atoms with Gasteiger partial charge in [-0.2, -0.15) is 0 Å². The fraction of sp³-hybridized carbons (Fsp3) is 0.412. The average molecular weight is 316 g/mol. The number of likely N-dealkylation sites (tertiary alicyclic amines) is 1. The number of carbonyl (C=O) groups is 1. The molecule has 2 aliphatic rings. The molecule has 120 valence electrons. The van der Waals surface area contributed by atoms with Crippen molar-refractivity contribution in [3.8, 4) is 11.3 Å². The molecule has 1 aromatic carbocycles. The van der Waals surface area contributed by atoms with Gasteiger partial charge in [0.2, 0.25) is 0 Å². The molecule has 2 fully saturated rings. The van der Waals surface area contributed by atoms with E-state index in [2.05, 4.69) is 5.16 Å². The summed E-state index contributed by atoms with van der Waals surface area (Å²) in [4.78, 5) is 14.4. The third-order valence-electron chi connectivity index (χ3n) is 4.78. The average Bonchev–Trinajstić information content (AvgIpc) is 3.30. The van der Waals surface area contributed by atoms with Crippen molar-refractivity contribution in [3.63, 3.8) is 0 Å². The van der Waals surface area contributed by atoms with Gasteiger partial charge in [-0.3, -0.25) is 4.79 Å². The summed E-state index contributed by atoms with van der Waals surface area (Å²) < 4.78 is 24.4. The number of carbonyl (C=O) groups excluding carboxylic acids is 1. The van der Waals surface area contributed by atoms with Crippen LogP contribution in [0.1, 0.15) is 23.3 Å². The molecule has 0 aliphatic carbocycles. The van der Waals surface area contributed by atoms with E-state index in [1.807, 2.05) is 0 Å². The van der Waals surface area contributed by atoms with Gasteiger partial charge in [0, 0.05) is 31.2 Å². The van der Waals surface area contributed by atoms with E-state index in [9.17, 15) is 9.18 Å². The molecule has 1 spiro atoms. The smallest absolute Gasteiger partial charge is 0.276 e. The van der Waals surface area contributed by atoms with Gasteiger partial charge < -0.3 is 14.2 Å². The van der Waals surface area contributed by atoms with Crippen LogP contribution in [0.3, 0.4) is 0 Å². The SMILES string of the molecule is O=C(c1cc(-c2ccccc2F)on1)N1CCC2(CCOC2)C1. The molecule has 1 atom stereocenters. The second-order valence-corrected chi connectivity index (χ2v) is 6.34. The number of amides is 1. The highest BCUT2D eigenvalue weighted by molar-refractivity contribution is 5.93. The summed E-state index contributed by atoms with van der Waals surface area (Å²) in [6.07, 6.45) is 1.95. The molecule has 1 amide bonds. The minimum atomic E-state index is -0.397. The minimum Gasteiger partial charge on any atom is -0.381 e. The Kier molecular flexibility index (Phi) is 3.41. The lowest BCUT2D eigenvalue weighted by Gasteiger charge is -2.21. The number of nitrogens with zero attached hydrogens (tertiary/aromatic N) is 2. The van der Waals surface area contributed by atoms with Crippen molar-refractivity contribution in [2.45, 2.75) is 12.8 Å². The van der Waals surface area contributed by atoms with E-state index in [-0.39, 0.29) is 22.8 Å². The Bertz CT molecular complexity index is 737. The van der Waals surface area contributed by atoms with Crippen LogP contribution in [0.25, 0.3) is 11.3 Å². The molecule has 0 N–H and O–H groups in total. The second-order valence-electron chi connectivity index (χ2n) is 6.34. The van der Waals surface area contributed by atoms with Crippen molar-refractivity contribution in [1.82, 2.24) is 10.1 Å². The zero-order valence-corrected chi connectivity index (χ0v) is 12.6. The molecule has 5 nitrogen and oxygen atoms in total. The molecule has 3 heterocycles. The Morgan fingerprint density at radius 1 is 1.30 bits per heavy atom. The number of halogens is 1. The van der Waals surface area contributed by atoms with Crippen molar-refractivity contribution in [1.29, 1.82) is 0 Å². The van der Waals surface area contributed by atoms with E-state index in [1.54, 1.807) is 23.1 Å². The van der Waals surface area contributed by atoms with Gasteiger partial charge in [0.1, 0.15) is 5.82 Å². The van der Waals surface area contributed by atoms with Crippen LogP contribution in [-0.2, 0) is 4.74 Å². The van der Waals surface area contributed by atoms with Gasteiger partial charge >= 0.3 is 0 Å². The first kappa shape index (κ1) is 14.4. The number of hydrogen-bond acceptors (Lipinski definition) is 4. The first-order valence-electron chi connectivity index (χ1n) is 7.76. The van der Waals surface area contributed by atoms with Gasteiger partial charge in [-0.1, -0.05) is 17.3 Å². The molecule has 0 radical (unpaired) electrons. The van der Waals surface area contributed by atoms with Crippen molar-refractivity contribution in [2.75, 3.05) is 26.3 Å². The monoisotopic (exact) mass is 316 g/mol. The molecule has 2 aliphatic heterocycles. The Labute approximate surface area is 133 Å². The molecule has 6 heteroatoms. The summed E-state index contributed by atoms with van der Waals surface area (Å²) in [6, 6.07) is 7.78. The maximum Gasteiger partial charge on any atom is 0.276 e. The highest BCUT2D eigenvalue weighted by Gasteiger charge is 2.43. The van der Waals surface area contributed by atoms with Crippen LogP contribution >= 0.6 is 0 Å². The highest BCUT2D eigenvalue weighted by Crippen LogP contribution is 2.38. The highest BCUT2D eigenvalue weighted by atomic mass is 19.1. The van der Waals surface area contributed by atoms with E-state index in [1.165, 1.54) is 12.1 Å². The molecule has 2 aromatic rings. The summed E-state index contributed by atoms with van der Waals surface area (Å²) in [5.41, 5.74) is 0.633. The van der Waals surface area contributed by atoms with E-state index in [0.29, 0.717) is 18.7 Å². The predicted molar refractivity (Wildman–Crippen MR) is 80.3 cm³/mol. The number of rotatable bonds is 2. The van der Waals surface area contributed by atoms with Crippen LogP contribution in [-0.4, -0.2) is 42.3 Å². The predicted octanol–water partition coefficient (Wildman–Crippen LogP) is 2.73. The summed E-state index contributed by atoms with van der Waals surface area (Å²) in [7, 11) is 0. The molecule has 0 saturated carbocycles. The second kappa shape index (κ2) is 5.45. The molecule has 1 unspecified atom stereocenters. The molecule has 0 bridgehead atoms. The van der Waals surface area contributed by atoms with Gasteiger partial charge in [-0.25, -0.2) is 4.39 Å². The van der Waals surface area contributed by atoms with E-state index < -0.39 is 5.82 Å². The minimum absolute atomic E-state index is 0.105. The van der Waals surface area contributed by atoms with Crippen LogP contribution in [0.4, 0.5) is 4.39 Å². The lowest BCUT2D eigenvalue weighted by Crippen LogP contribution is -2.32. The zero-order valence-electron chi connectivity index (χ0n) is 12.6. The number of benzene rings is 1. The van der Waals surface area contributed by atoms with Crippen LogP contribution < -0.4 is 0 Å². The van der Waals surface area contributed by atoms with Crippen molar-refractivity contribution in [3.05, 3.63) is 41.8 Å². The molecule has 1 aromatic heterocycles. The largest absolute Gasteiger partial charge is 0.381 e. The van der Waals surface area contributed by atoms with E-state index >= 15 is 0 Å².